The molecule has 2 aliphatic rings. The number of benzene rings is 1. The first-order valence-electron chi connectivity index (χ1n) is 11.8. The molecule has 3 heterocycles. The molecule has 3 aromatic heterocycles. The Morgan fingerprint density at radius 3 is 2.69 bits per heavy atom. The number of rotatable bonds is 8. The van der Waals surface area contributed by atoms with Gasteiger partial charge < -0.3 is 15.5 Å². The molecule has 0 unspecified atom stereocenters. The Balaban J connectivity index is 1.12. The van der Waals surface area contributed by atoms with Crippen LogP contribution in [0.3, 0.4) is 0 Å². The zero-order valence-electron chi connectivity index (χ0n) is 19.2. The number of anilines is 3. The summed E-state index contributed by atoms with van der Waals surface area (Å²) in [5, 5.41) is 14.6. The lowest BCUT2D eigenvalue weighted by Gasteiger charge is -2.22. The Bertz CT molecular complexity index is 1410. The maximum atomic E-state index is 12.9. The van der Waals surface area contributed by atoms with E-state index in [1.165, 1.54) is 11.3 Å². The van der Waals surface area contributed by atoms with Crippen molar-refractivity contribution in [1.29, 1.82) is 0 Å². The van der Waals surface area contributed by atoms with Gasteiger partial charge >= 0.3 is 0 Å². The number of hydrogen-bond donors (Lipinski definition) is 3. The van der Waals surface area contributed by atoms with Crippen molar-refractivity contribution in [2.45, 2.75) is 51.1 Å². The molecule has 2 fully saturated rings. The molecule has 3 N–H and O–H groups in total. The number of nitrogens with one attached hydrogen (secondary N) is 3. The van der Waals surface area contributed by atoms with Gasteiger partial charge in [0.25, 0.3) is 5.91 Å². The minimum Gasteiger partial charge on any atom is -0.336 e. The van der Waals surface area contributed by atoms with Crippen molar-refractivity contribution in [2.75, 3.05) is 10.6 Å². The minimum atomic E-state index is -0.236. The van der Waals surface area contributed by atoms with Gasteiger partial charge in [-0.15, -0.1) is 0 Å². The van der Waals surface area contributed by atoms with Gasteiger partial charge in [-0.1, -0.05) is 23.5 Å². The zero-order chi connectivity index (χ0) is 23.9. The SMILES string of the molecule is Cc1ccc2[nH]ncc2c1NC(=O)c1cnc(Nc2cccc(CC(=O)N(C3CC3)C3CC3)n2)s1. The van der Waals surface area contributed by atoms with Crippen LogP contribution in [-0.2, 0) is 11.2 Å². The van der Waals surface area contributed by atoms with Gasteiger partial charge in [-0.25, -0.2) is 9.97 Å². The number of amides is 2. The lowest BCUT2D eigenvalue weighted by molar-refractivity contribution is -0.131. The quantitative estimate of drug-likeness (QED) is 0.339. The van der Waals surface area contributed by atoms with Crippen LogP contribution in [-0.4, -0.2) is 49.0 Å². The number of aromatic amines is 1. The number of fused-ring (bicyclic) bond motifs is 1. The molecule has 0 atom stereocenters. The number of carbonyl (C=O) groups excluding carboxylic acids is 2. The highest BCUT2D eigenvalue weighted by atomic mass is 32.1. The highest BCUT2D eigenvalue weighted by Gasteiger charge is 2.41. The average Bonchev–Trinajstić information content (AvgIpc) is 3.76. The van der Waals surface area contributed by atoms with Gasteiger partial charge in [-0.3, -0.25) is 14.7 Å². The van der Waals surface area contributed by atoms with E-state index >= 15 is 0 Å². The van der Waals surface area contributed by atoms with Crippen LogP contribution in [0.4, 0.5) is 16.6 Å². The molecule has 0 bridgehead atoms. The average molecular weight is 488 g/mol. The van der Waals surface area contributed by atoms with Gasteiger partial charge in [-0.05, 0) is 56.4 Å². The van der Waals surface area contributed by atoms with Crippen molar-refractivity contribution in [3.8, 4) is 0 Å². The van der Waals surface area contributed by atoms with Crippen LogP contribution < -0.4 is 10.6 Å². The molecule has 0 aliphatic heterocycles. The molecular formula is C25H25N7O2S. The number of H-pyrrole nitrogens is 1. The van der Waals surface area contributed by atoms with E-state index in [1.54, 1.807) is 12.4 Å². The zero-order valence-corrected chi connectivity index (χ0v) is 20.1. The van der Waals surface area contributed by atoms with E-state index in [0.29, 0.717) is 34.3 Å². The second kappa shape index (κ2) is 8.77. The summed E-state index contributed by atoms with van der Waals surface area (Å²) in [6.45, 7) is 1.94. The summed E-state index contributed by atoms with van der Waals surface area (Å²) in [6, 6.07) is 10.3. The molecule has 178 valence electrons. The van der Waals surface area contributed by atoms with Crippen molar-refractivity contribution in [3.05, 3.63) is 58.9 Å². The summed E-state index contributed by atoms with van der Waals surface area (Å²) in [6.07, 6.45) is 8.02. The predicted molar refractivity (Wildman–Crippen MR) is 135 cm³/mol. The lowest BCUT2D eigenvalue weighted by atomic mass is 10.1. The summed E-state index contributed by atoms with van der Waals surface area (Å²) in [4.78, 5) is 37.3. The number of carbonyl (C=O) groups is 2. The van der Waals surface area contributed by atoms with E-state index in [0.717, 1.165) is 53.5 Å². The molecule has 1 aromatic carbocycles. The summed E-state index contributed by atoms with van der Waals surface area (Å²) in [5.41, 5.74) is 3.27. The summed E-state index contributed by atoms with van der Waals surface area (Å²) in [5.74, 6) is 0.524. The number of hydrogen-bond acceptors (Lipinski definition) is 7. The van der Waals surface area contributed by atoms with E-state index in [9.17, 15) is 9.59 Å². The van der Waals surface area contributed by atoms with Crippen molar-refractivity contribution in [3.63, 3.8) is 0 Å². The fourth-order valence-electron chi connectivity index (χ4n) is 4.32. The first-order chi connectivity index (χ1) is 17.0. The molecule has 6 rings (SSSR count). The Morgan fingerprint density at radius 2 is 1.91 bits per heavy atom. The molecule has 2 aliphatic carbocycles. The van der Waals surface area contributed by atoms with Crippen LogP contribution in [0.15, 0.2) is 42.7 Å². The fourth-order valence-corrected chi connectivity index (χ4v) is 5.04. The number of aromatic nitrogens is 4. The van der Waals surface area contributed by atoms with Gasteiger partial charge in [-0.2, -0.15) is 5.10 Å². The van der Waals surface area contributed by atoms with Crippen molar-refractivity contribution < 1.29 is 9.59 Å². The molecular weight excluding hydrogens is 462 g/mol. The minimum absolute atomic E-state index is 0.163. The first-order valence-corrected chi connectivity index (χ1v) is 12.6. The van der Waals surface area contributed by atoms with Gasteiger partial charge in [0.2, 0.25) is 5.91 Å². The molecule has 4 aromatic rings. The van der Waals surface area contributed by atoms with E-state index in [2.05, 4.69) is 35.7 Å². The summed E-state index contributed by atoms with van der Waals surface area (Å²) in [7, 11) is 0. The monoisotopic (exact) mass is 487 g/mol. The summed E-state index contributed by atoms with van der Waals surface area (Å²) < 4.78 is 0. The van der Waals surface area contributed by atoms with E-state index < -0.39 is 0 Å². The largest absolute Gasteiger partial charge is 0.336 e. The lowest BCUT2D eigenvalue weighted by Crippen LogP contribution is -2.36. The van der Waals surface area contributed by atoms with Gasteiger partial charge in [0.15, 0.2) is 5.13 Å². The predicted octanol–water partition coefficient (Wildman–Crippen LogP) is 4.41. The molecule has 0 saturated heterocycles. The van der Waals surface area contributed by atoms with E-state index in [-0.39, 0.29) is 11.8 Å². The second-order valence-electron chi connectivity index (χ2n) is 9.15. The number of thiazole rings is 1. The van der Waals surface area contributed by atoms with Crippen LogP contribution >= 0.6 is 11.3 Å². The molecule has 0 spiro atoms. The topological polar surface area (TPSA) is 116 Å². The molecule has 10 heteroatoms. The van der Waals surface area contributed by atoms with Gasteiger partial charge in [0, 0.05) is 17.5 Å². The van der Waals surface area contributed by atoms with Crippen LogP contribution in [0.5, 0.6) is 0 Å². The number of pyridine rings is 1. The highest BCUT2D eigenvalue weighted by molar-refractivity contribution is 7.17. The Kier molecular flexibility index (Phi) is 5.44. The molecule has 9 nitrogen and oxygen atoms in total. The third-order valence-electron chi connectivity index (χ3n) is 6.34. The van der Waals surface area contributed by atoms with Crippen molar-refractivity contribution >= 4 is 50.7 Å². The highest BCUT2D eigenvalue weighted by Crippen LogP contribution is 2.37. The maximum absolute atomic E-state index is 12.9. The van der Waals surface area contributed by atoms with Gasteiger partial charge in [0.1, 0.15) is 10.7 Å². The Morgan fingerprint density at radius 1 is 1.11 bits per heavy atom. The third-order valence-corrected chi connectivity index (χ3v) is 7.25. The van der Waals surface area contributed by atoms with E-state index in [1.807, 2.05) is 37.3 Å². The summed E-state index contributed by atoms with van der Waals surface area (Å²) >= 11 is 1.24. The van der Waals surface area contributed by atoms with Gasteiger partial charge in [0.05, 0.1) is 35.7 Å². The van der Waals surface area contributed by atoms with Crippen molar-refractivity contribution in [2.24, 2.45) is 0 Å². The van der Waals surface area contributed by atoms with Crippen LogP contribution in [0, 0.1) is 6.92 Å². The Hall–Kier alpha value is -3.79. The second-order valence-corrected chi connectivity index (χ2v) is 10.2. The molecule has 35 heavy (non-hydrogen) atoms. The van der Waals surface area contributed by atoms with Crippen LogP contribution in [0.2, 0.25) is 0 Å². The van der Waals surface area contributed by atoms with Crippen LogP contribution in [0.1, 0.15) is 46.6 Å². The molecule has 2 amide bonds. The maximum Gasteiger partial charge on any atom is 0.267 e. The normalized spacial score (nSPS) is 15.2. The van der Waals surface area contributed by atoms with Crippen molar-refractivity contribution in [1.82, 2.24) is 25.1 Å². The van der Waals surface area contributed by atoms with Crippen LogP contribution in [0.25, 0.3) is 10.9 Å². The smallest absolute Gasteiger partial charge is 0.267 e. The van der Waals surface area contributed by atoms with E-state index in [4.69, 9.17) is 0 Å². The first kappa shape index (κ1) is 21.7. The molecule has 2 saturated carbocycles. The Labute approximate surface area is 206 Å². The fraction of sp³-hybridized carbons (Fsp3) is 0.320. The third kappa shape index (κ3) is 4.61. The molecule has 0 radical (unpaired) electrons. The number of nitrogens with zero attached hydrogens (tertiary/aromatic N) is 4. The standard InChI is InChI=1S/C25H25N7O2S/c1-14-5-10-19-18(12-27-31-19)23(14)30-24(34)20-13-26-25(35-20)29-21-4-2-3-15(28-21)11-22(33)32(16-6-7-16)17-8-9-17/h2-5,10,12-13,16-17H,6-9,11H2,1H3,(H,27,31)(H,30,34)(H,26,28,29). The number of aryl methyl sites for hydroxylation is 1.